The van der Waals surface area contributed by atoms with Crippen LogP contribution in [-0.2, 0) is 0 Å². The highest BCUT2D eigenvalue weighted by Gasteiger charge is 2.15. The fourth-order valence-corrected chi connectivity index (χ4v) is 2.80. The normalized spacial score (nSPS) is 12.3. The molecule has 0 aliphatic rings. The Labute approximate surface area is 166 Å². The summed E-state index contributed by atoms with van der Waals surface area (Å²) in [7, 11) is 0. The van der Waals surface area contributed by atoms with Gasteiger partial charge in [0.15, 0.2) is 0 Å². The van der Waals surface area contributed by atoms with Gasteiger partial charge in [-0.1, -0.05) is 91.0 Å². The summed E-state index contributed by atoms with van der Waals surface area (Å²) in [6, 6.07) is 28.3. The van der Waals surface area contributed by atoms with Gasteiger partial charge in [-0.3, -0.25) is 4.79 Å². The maximum absolute atomic E-state index is 12.9. The summed E-state index contributed by atoms with van der Waals surface area (Å²) in [4.78, 5) is 12.9. The van der Waals surface area contributed by atoms with Crippen molar-refractivity contribution in [2.45, 2.75) is 0 Å². The lowest BCUT2D eigenvalue weighted by Gasteiger charge is -2.04. The van der Waals surface area contributed by atoms with Gasteiger partial charge in [0, 0.05) is 15.6 Å². The molecule has 0 bridgehead atoms. The van der Waals surface area contributed by atoms with Crippen molar-refractivity contribution in [2.24, 2.45) is 10.2 Å². The van der Waals surface area contributed by atoms with E-state index in [-0.39, 0.29) is 5.78 Å². The van der Waals surface area contributed by atoms with E-state index in [9.17, 15) is 4.79 Å². The van der Waals surface area contributed by atoms with Crippen LogP contribution in [-0.4, -0.2) is 17.7 Å². The SMILES string of the molecule is O=C(/C(=N/N=C/C(Br)=C/c1ccccc1)c1ccccc1)c1ccccc1. The summed E-state index contributed by atoms with van der Waals surface area (Å²) in [5.41, 5.74) is 2.65. The Morgan fingerprint density at radius 3 is 1.85 bits per heavy atom. The van der Waals surface area contributed by atoms with Gasteiger partial charge < -0.3 is 0 Å². The van der Waals surface area contributed by atoms with E-state index in [2.05, 4.69) is 26.1 Å². The molecule has 0 amide bonds. The number of rotatable bonds is 6. The number of ketones is 1. The Morgan fingerprint density at radius 1 is 0.741 bits per heavy atom. The van der Waals surface area contributed by atoms with Crippen LogP contribution in [0.15, 0.2) is 106 Å². The molecule has 0 fully saturated rings. The van der Waals surface area contributed by atoms with Crippen LogP contribution in [0.25, 0.3) is 6.08 Å². The third kappa shape index (κ3) is 5.43. The molecule has 4 heteroatoms. The molecule has 0 heterocycles. The first kappa shape index (κ1) is 18.7. The molecule has 0 saturated carbocycles. The van der Waals surface area contributed by atoms with E-state index in [4.69, 9.17) is 0 Å². The minimum atomic E-state index is -0.165. The van der Waals surface area contributed by atoms with Gasteiger partial charge in [0.05, 0.1) is 6.21 Å². The Bertz CT molecular complexity index is 979. The van der Waals surface area contributed by atoms with Gasteiger partial charge in [-0.25, -0.2) is 0 Å². The van der Waals surface area contributed by atoms with Crippen LogP contribution in [0.3, 0.4) is 0 Å². The fraction of sp³-hybridized carbons (Fsp3) is 0. The van der Waals surface area contributed by atoms with Crippen molar-refractivity contribution in [1.29, 1.82) is 0 Å². The summed E-state index contributed by atoms with van der Waals surface area (Å²) in [6.07, 6.45) is 3.51. The van der Waals surface area contributed by atoms with E-state index in [1.807, 2.05) is 84.9 Å². The van der Waals surface area contributed by atoms with Crippen molar-refractivity contribution in [3.63, 3.8) is 0 Å². The summed E-state index contributed by atoms with van der Waals surface area (Å²) in [5.74, 6) is -0.165. The lowest BCUT2D eigenvalue weighted by Crippen LogP contribution is -2.15. The number of carbonyl (C=O) groups excluding carboxylic acids is 1. The second kappa shape index (κ2) is 9.55. The van der Waals surface area contributed by atoms with E-state index in [1.54, 1.807) is 18.3 Å². The van der Waals surface area contributed by atoms with Crippen molar-refractivity contribution in [3.05, 3.63) is 112 Å². The van der Waals surface area contributed by atoms with Crippen LogP contribution < -0.4 is 0 Å². The summed E-state index contributed by atoms with van der Waals surface area (Å²) in [6.45, 7) is 0. The quantitative estimate of drug-likeness (QED) is 0.285. The third-order valence-electron chi connectivity index (χ3n) is 3.74. The zero-order chi connectivity index (χ0) is 18.9. The Balaban J connectivity index is 1.89. The van der Waals surface area contributed by atoms with E-state index in [0.717, 1.165) is 15.6 Å². The Morgan fingerprint density at radius 2 is 1.26 bits per heavy atom. The molecular weight excluding hydrogens is 400 g/mol. The van der Waals surface area contributed by atoms with Gasteiger partial charge in [-0.05, 0) is 27.6 Å². The minimum absolute atomic E-state index is 0.165. The number of carbonyl (C=O) groups is 1. The van der Waals surface area contributed by atoms with Crippen LogP contribution in [0.4, 0.5) is 0 Å². The molecule has 0 aliphatic heterocycles. The van der Waals surface area contributed by atoms with Crippen LogP contribution in [0, 0.1) is 0 Å². The number of halogens is 1. The van der Waals surface area contributed by atoms with Crippen molar-refractivity contribution < 1.29 is 4.79 Å². The van der Waals surface area contributed by atoms with Gasteiger partial charge >= 0.3 is 0 Å². The molecule has 0 N–H and O–H groups in total. The summed E-state index contributed by atoms with van der Waals surface area (Å²) < 4.78 is 0.761. The number of benzene rings is 3. The van der Waals surface area contributed by atoms with Gasteiger partial charge in [-0.2, -0.15) is 5.10 Å². The number of Topliss-reactive ketones (excluding diaryl/α,β-unsaturated/α-hetero) is 1. The van der Waals surface area contributed by atoms with Crippen molar-refractivity contribution in [2.75, 3.05) is 0 Å². The average Bonchev–Trinajstić information content (AvgIpc) is 2.73. The molecule has 0 saturated heterocycles. The zero-order valence-electron chi connectivity index (χ0n) is 14.5. The first-order valence-corrected chi connectivity index (χ1v) is 9.22. The van der Waals surface area contributed by atoms with E-state index < -0.39 is 0 Å². The number of allylic oxidation sites excluding steroid dienone is 1. The van der Waals surface area contributed by atoms with Crippen LogP contribution in [0.5, 0.6) is 0 Å². The molecule has 3 aromatic rings. The van der Waals surface area contributed by atoms with Crippen LogP contribution >= 0.6 is 15.9 Å². The van der Waals surface area contributed by atoms with Gasteiger partial charge in [0.25, 0.3) is 0 Å². The molecule has 3 aromatic carbocycles. The molecule has 0 spiro atoms. The maximum Gasteiger partial charge on any atom is 0.213 e. The highest BCUT2D eigenvalue weighted by atomic mass is 79.9. The molecule has 0 unspecified atom stereocenters. The number of hydrogen-bond donors (Lipinski definition) is 0. The van der Waals surface area contributed by atoms with Crippen LogP contribution in [0.1, 0.15) is 21.5 Å². The summed E-state index contributed by atoms with van der Waals surface area (Å²) >= 11 is 3.46. The van der Waals surface area contributed by atoms with E-state index in [1.165, 1.54) is 0 Å². The molecule has 132 valence electrons. The predicted octanol–water partition coefficient (Wildman–Crippen LogP) is 5.78. The number of hydrogen-bond acceptors (Lipinski definition) is 3. The summed E-state index contributed by atoms with van der Waals surface area (Å²) in [5, 5.41) is 8.34. The second-order valence-corrected chi connectivity index (χ2v) is 6.61. The molecule has 0 radical (unpaired) electrons. The minimum Gasteiger partial charge on any atom is -0.287 e. The first-order chi connectivity index (χ1) is 13.2. The zero-order valence-corrected chi connectivity index (χ0v) is 16.1. The van der Waals surface area contributed by atoms with E-state index >= 15 is 0 Å². The Kier molecular flexibility index (Phi) is 6.61. The Hall–Kier alpha value is -3.11. The van der Waals surface area contributed by atoms with Crippen molar-refractivity contribution in [3.8, 4) is 0 Å². The largest absolute Gasteiger partial charge is 0.287 e. The topological polar surface area (TPSA) is 41.8 Å². The van der Waals surface area contributed by atoms with E-state index in [0.29, 0.717) is 11.3 Å². The lowest BCUT2D eigenvalue weighted by atomic mass is 10.0. The molecule has 0 aliphatic carbocycles. The molecule has 3 nitrogen and oxygen atoms in total. The average molecular weight is 417 g/mol. The monoisotopic (exact) mass is 416 g/mol. The van der Waals surface area contributed by atoms with Gasteiger partial charge in [0.1, 0.15) is 5.71 Å². The third-order valence-corrected chi connectivity index (χ3v) is 4.17. The van der Waals surface area contributed by atoms with Crippen molar-refractivity contribution in [1.82, 2.24) is 0 Å². The predicted molar refractivity (Wildman–Crippen MR) is 116 cm³/mol. The highest BCUT2D eigenvalue weighted by Crippen LogP contribution is 2.12. The second-order valence-electron chi connectivity index (χ2n) is 5.69. The maximum atomic E-state index is 12.9. The molecular formula is C23H17BrN2O. The van der Waals surface area contributed by atoms with Crippen molar-refractivity contribution >= 4 is 39.7 Å². The fourth-order valence-electron chi connectivity index (χ4n) is 2.44. The molecule has 27 heavy (non-hydrogen) atoms. The molecule has 0 aromatic heterocycles. The highest BCUT2D eigenvalue weighted by molar-refractivity contribution is 9.12. The smallest absolute Gasteiger partial charge is 0.213 e. The standard InChI is InChI=1S/C23H17BrN2O/c24-21(16-18-10-4-1-5-11-18)17-25-26-22(19-12-6-2-7-13-19)23(27)20-14-8-3-9-15-20/h1-17H/b21-16-,25-17+,26-22+. The van der Waals surface area contributed by atoms with Crippen LogP contribution in [0.2, 0.25) is 0 Å². The molecule has 0 atom stereocenters. The van der Waals surface area contributed by atoms with Gasteiger partial charge in [0.2, 0.25) is 5.78 Å². The molecule has 3 rings (SSSR count). The lowest BCUT2D eigenvalue weighted by molar-refractivity contribution is 0.106. The number of nitrogens with zero attached hydrogens (tertiary/aromatic N) is 2. The first-order valence-electron chi connectivity index (χ1n) is 8.42. The van der Waals surface area contributed by atoms with Gasteiger partial charge in [-0.15, -0.1) is 5.10 Å².